The summed E-state index contributed by atoms with van der Waals surface area (Å²) in [5.74, 6) is 0.404. The van der Waals surface area contributed by atoms with Crippen LogP contribution in [0.2, 0.25) is 5.02 Å². The maximum Gasteiger partial charge on any atom is 0.0661 e. The number of methoxy groups -OCH3 is 1. The summed E-state index contributed by atoms with van der Waals surface area (Å²) >= 11 is 6.03. The van der Waals surface area contributed by atoms with Gasteiger partial charge in [-0.1, -0.05) is 37.6 Å². The summed E-state index contributed by atoms with van der Waals surface area (Å²) in [6, 6.07) is 7.93. The Morgan fingerprint density at radius 3 is 2.58 bits per heavy atom. The van der Waals surface area contributed by atoms with Gasteiger partial charge in [0, 0.05) is 25.2 Å². The van der Waals surface area contributed by atoms with Gasteiger partial charge < -0.3 is 10.5 Å². The Morgan fingerprint density at radius 2 is 2.11 bits per heavy atom. The molecule has 2 N–H and O–H groups in total. The smallest absolute Gasteiger partial charge is 0.0661 e. The molecule has 0 radical (unpaired) electrons. The molecule has 1 aromatic carbocycles. The first kappa shape index (κ1) is 16.4. The molecule has 0 bridgehead atoms. The fourth-order valence-corrected chi connectivity index (χ4v) is 2.70. The first-order valence-electron chi connectivity index (χ1n) is 6.61. The third-order valence-corrected chi connectivity index (χ3v) is 4.13. The van der Waals surface area contributed by atoms with E-state index in [2.05, 4.69) is 31.9 Å². The average Bonchev–Trinajstić information content (AvgIpc) is 2.35. The quantitative estimate of drug-likeness (QED) is 0.837. The van der Waals surface area contributed by atoms with Gasteiger partial charge in [0.15, 0.2) is 0 Å². The molecule has 0 aliphatic carbocycles. The van der Waals surface area contributed by atoms with E-state index in [1.165, 1.54) is 5.56 Å². The number of halogens is 1. The molecule has 1 unspecified atom stereocenters. The van der Waals surface area contributed by atoms with E-state index in [0.717, 1.165) is 11.6 Å². The van der Waals surface area contributed by atoms with E-state index < -0.39 is 0 Å². The van der Waals surface area contributed by atoms with Crippen molar-refractivity contribution in [2.45, 2.75) is 25.9 Å². The van der Waals surface area contributed by atoms with Crippen LogP contribution in [0.15, 0.2) is 24.3 Å². The lowest BCUT2D eigenvalue weighted by atomic mass is 9.85. The van der Waals surface area contributed by atoms with Crippen molar-refractivity contribution in [2.24, 2.45) is 11.7 Å². The van der Waals surface area contributed by atoms with Gasteiger partial charge in [0.1, 0.15) is 0 Å². The van der Waals surface area contributed by atoms with Crippen molar-refractivity contribution in [2.75, 3.05) is 27.3 Å². The highest BCUT2D eigenvalue weighted by Gasteiger charge is 2.36. The van der Waals surface area contributed by atoms with Gasteiger partial charge in [-0.25, -0.2) is 0 Å². The van der Waals surface area contributed by atoms with Crippen molar-refractivity contribution in [1.29, 1.82) is 0 Å². The van der Waals surface area contributed by atoms with Crippen LogP contribution in [0.5, 0.6) is 0 Å². The van der Waals surface area contributed by atoms with E-state index in [0.29, 0.717) is 19.1 Å². The predicted molar refractivity (Wildman–Crippen MR) is 81.4 cm³/mol. The van der Waals surface area contributed by atoms with E-state index in [9.17, 15) is 0 Å². The predicted octanol–water partition coefficient (Wildman–Crippen LogP) is 2.77. The van der Waals surface area contributed by atoms with Crippen LogP contribution in [0.1, 0.15) is 19.4 Å². The van der Waals surface area contributed by atoms with Gasteiger partial charge in [-0.05, 0) is 30.7 Å². The number of nitrogens with zero attached hydrogens (tertiary/aromatic N) is 1. The zero-order chi connectivity index (χ0) is 14.5. The lowest BCUT2D eigenvalue weighted by Gasteiger charge is -2.44. The number of nitrogens with two attached hydrogens (primary N) is 1. The lowest BCUT2D eigenvalue weighted by molar-refractivity contribution is -0.00554. The number of ether oxygens (including phenoxy) is 1. The van der Waals surface area contributed by atoms with Crippen molar-refractivity contribution in [3.8, 4) is 0 Å². The van der Waals surface area contributed by atoms with Crippen LogP contribution in [-0.2, 0) is 11.3 Å². The molecule has 0 heterocycles. The highest BCUT2D eigenvalue weighted by molar-refractivity contribution is 6.30. The summed E-state index contributed by atoms with van der Waals surface area (Å²) in [6.45, 7) is 6.35. The third-order valence-electron chi connectivity index (χ3n) is 3.89. The second-order valence-electron chi connectivity index (χ2n) is 5.38. The van der Waals surface area contributed by atoms with Gasteiger partial charge >= 0.3 is 0 Å². The van der Waals surface area contributed by atoms with Crippen LogP contribution in [0.3, 0.4) is 0 Å². The topological polar surface area (TPSA) is 38.5 Å². The van der Waals surface area contributed by atoms with Crippen LogP contribution < -0.4 is 5.73 Å². The molecule has 1 rings (SSSR count). The molecule has 19 heavy (non-hydrogen) atoms. The van der Waals surface area contributed by atoms with Crippen molar-refractivity contribution < 1.29 is 4.74 Å². The second kappa shape index (κ2) is 7.25. The molecule has 4 heteroatoms. The number of hydrogen-bond donors (Lipinski definition) is 1. The molecule has 1 atom stereocenters. The van der Waals surface area contributed by atoms with Crippen LogP contribution in [0.25, 0.3) is 0 Å². The standard InChI is InChI=1S/C15H25ClN2O/c1-12(2)15(10-17,11-19-4)18(3)9-13-6-5-7-14(16)8-13/h5-8,12H,9-11,17H2,1-4H3. The highest BCUT2D eigenvalue weighted by atomic mass is 35.5. The van der Waals surface area contributed by atoms with Gasteiger partial charge in [0.2, 0.25) is 0 Å². The average molecular weight is 285 g/mol. The Labute approximate surface area is 121 Å². The van der Waals surface area contributed by atoms with Crippen LogP contribution in [-0.4, -0.2) is 37.7 Å². The first-order chi connectivity index (χ1) is 8.96. The SMILES string of the molecule is COCC(CN)(C(C)C)N(C)Cc1cccc(Cl)c1. The molecular formula is C15H25ClN2O. The maximum absolute atomic E-state index is 6.03. The summed E-state index contributed by atoms with van der Waals surface area (Å²) in [5.41, 5.74) is 7.06. The molecule has 0 aliphatic heterocycles. The normalized spacial score (nSPS) is 14.9. The van der Waals surface area contributed by atoms with Crippen molar-refractivity contribution in [1.82, 2.24) is 4.90 Å². The molecule has 0 aromatic heterocycles. The minimum Gasteiger partial charge on any atom is -0.383 e. The van der Waals surface area contributed by atoms with Gasteiger partial charge in [-0.2, -0.15) is 0 Å². The molecule has 0 saturated heterocycles. The molecule has 0 spiro atoms. The molecule has 0 amide bonds. The van der Waals surface area contributed by atoms with Gasteiger partial charge in [-0.3, -0.25) is 4.90 Å². The van der Waals surface area contributed by atoms with E-state index >= 15 is 0 Å². The zero-order valence-electron chi connectivity index (χ0n) is 12.3. The Bertz CT molecular complexity index is 397. The summed E-state index contributed by atoms with van der Waals surface area (Å²) in [5, 5.41) is 0.764. The van der Waals surface area contributed by atoms with E-state index in [4.69, 9.17) is 22.1 Å². The Balaban J connectivity index is 2.91. The summed E-state index contributed by atoms with van der Waals surface area (Å²) in [4.78, 5) is 2.27. The minimum absolute atomic E-state index is 0.156. The summed E-state index contributed by atoms with van der Waals surface area (Å²) in [6.07, 6.45) is 0. The molecule has 0 fully saturated rings. The first-order valence-corrected chi connectivity index (χ1v) is 6.98. The van der Waals surface area contributed by atoms with Gasteiger partial charge in [-0.15, -0.1) is 0 Å². The molecule has 3 nitrogen and oxygen atoms in total. The van der Waals surface area contributed by atoms with Gasteiger partial charge in [0.05, 0.1) is 12.1 Å². The number of likely N-dealkylation sites (N-methyl/N-ethyl adjacent to an activating group) is 1. The Kier molecular flexibility index (Phi) is 6.27. The van der Waals surface area contributed by atoms with Crippen molar-refractivity contribution >= 4 is 11.6 Å². The van der Waals surface area contributed by atoms with Gasteiger partial charge in [0.25, 0.3) is 0 Å². The zero-order valence-corrected chi connectivity index (χ0v) is 13.1. The van der Waals surface area contributed by atoms with Crippen LogP contribution in [0.4, 0.5) is 0 Å². The van der Waals surface area contributed by atoms with Crippen LogP contribution in [0, 0.1) is 5.92 Å². The maximum atomic E-state index is 6.03. The van der Waals surface area contributed by atoms with E-state index in [-0.39, 0.29) is 5.54 Å². The Hall–Kier alpha value is -0.610. The van der Waals surface area contributed by atoms with E-state index in [1.807, 2.05) is 18.2 Å². The number of rotatable bonds is 7. The fraction of sp³-hybridized carbons (Fsp3) is 0.600. The number of hydrogen-bond acceptors (Lipinski definition) is 3. The number of benzene rings is 1. The van der Waals surface area contributed by atoms with Crippen molar-refractivity contribution in [3.63, 3.8) is 0 Å². The molecule has 108 valence electrons. The molecular weight excluding hydrogens is 260 g/mol. The van der Waals surface area contributed by atoms with Crippen LogP contribution >= 0.6 is 11.6 Å². The largest absolute Gasteiger partial charge is 0.383 e. The second-order valence-corrected chi connectivity index (χ2v) is 5.82. The molecule has 1 aromatic rings. The third kappa shape index (κ3) is 3.93. The highest BCUT2D eigenvalue weighted by Crippen LogP contribution is 2.25. The van der Waals surface area contributed by atoms with Crippen molar-refractivity contribution in [3.05, 3.63) is 34.9 Å². The monoisotopic (exact) mass is 284 g/mol. The summed E-state index contributed by atoms with van der Waals surface area (Å²) in [7, 11) is 3.81. The lowest BCUT2D eigenvalue weighted by Crippen LogP contribution is -2.58. The fourth-order valence-electron chi connectivity index (χ4n) is 2.48. The summed E-state index contributed by atoms with van der Waals surface area (Å²) < 4.78 is 5.39. The Morgan fingerprint density at radius 1 is 1.42 bits per heavy atom. The van der Waals surface area contributed by atoms with E-state index in [1.54, 1.807) is 7.11 Å². The molecule has 0 saturated carbocycles. The minimum atomic E-state index is -0.156. The molecule has 0 aliphatic rings.